The largest absolute Gasteiger partial charge is 0.308 e. The zero-order valence-electron chi connectivity index (χ0n) is 33.9. The predicted molar refractivity (Wildman–Crippen MR) is 259 cm³/mol. The maximum atomic E-state index is 5.46. The smallest absolute Gasteiger partial charge is 0.242 e. The van der Waals surface area contributed by atoms with Gasteiger partial charge in [0.25, 0.3) is 0 Å². The second-order valence-electron chi connectivity index (χ2n) is 16.7. The Bertz CT molecular complexity index is 3450. The van der Waals surface area contributed by atoms with Crippen LogP contribution in [-0.4, -0.2) is 16.3 Å². The molecule has 0 bridgehead atoms. The molecule has 0 saturated heterocycles. The Balaban J connectivity index is 1.04. The summed E-state index contributed by atoms with van der Waals surface area (Å²) >= 11 is 0. The first-order chi connectivity index (χ1) is 30.8. The third kappa shape index (κ3) is 4.92. The topological polar surface area (TPSA) is 21.1 Å². The Morgan fingerprint density at radius 2 is 1.00 bits per heavy atom. The van der Waals surface area contributed by atoms with Gasteiger partial charge in [-0.25, -0.2) is 0 Å². The van der Waals surface area contributed by atoms with Crippen molar-refractivity contribution < 1.29 is 0 Å². The lowest BCUT2D eigenvalue weighted by Gasteiger charge is -2.46. The number of aromatic nitrogens is 2. The minimum Gasteiger partial charge on any atom is -0.308 e. The number of rotatable bonds is 5. The zero-order valence-corrected chi connectivity index (χ0v) is 33.9. The molecule has 0 spiro atoms. The molecule has 9 aromatic carbocycles. The highest BCUT2D eigenvalue weighted by molar-refractivity contribution is 6.99. The molecule has 2 aromatic heterocycles. The average Bonchev–Trinajstić information content (AvgIpc) is 3.84. The zero-order chi connectivity index (χ0) is 40.8. The molecule has 0 atom stereocenters. The van der Waals surface area contributed by atoms with E-state index in [-0.39, 0.29) is 6.71 Å². The summed E-state index contributed by atoms with van der Waals surface area (Å²) in [5.74, 6) is 0. The number of hydrogen-bond acceptors (Lipinski definition) is 2. The van der Waals surface area contributed by atoms with Crippen molar-refractivity contribution in [1.29, 1.82) is 0 Å². The first kappa shape index (κ1) is 34.9. The third-order valence-corrected chi connectivity index (χ3v) is 13.5. The average molecular weight is 788 g/mol. The molecule has 4 heterocycles. The van der Waals surface area contributed by atoms with E-state index >= 15 is 0 Å². The van der Waals surface area contributed by atoms with Crippen LogP contribution in [0.25, 0.3) is 49.5 Å². The maximum Gasteiger partial charge on any atom is 0.242 e. The number of anilines is 3. The van der Waals surface area contributed by atoms with Crippen LogP contribution in [0.15, 0.2) is 231 Å². The molecule has 2 aliphatic rings. The Hall–Kier alpha value is -7.95. The van der Waals surface area contributed by atoms with E-state index in [1.165, 1.54) is 60.5 Å². The molecule has 62 heavy (non-hydrogen) atoms. The first-order valence-corrected chi connectivity index (χ1v) is 21.5. The maximum absolute atomic E-state index is 5.46. The van der Waals surface area contributed by atoms with E-state index in [1.807, 2.05) is 0 Å². The monoisotopic (exact) mass is 787 g/mol. The summed E-state index contributed by atoms with van der Waals surface area (Å²) in [5, 5.41) is 3.68. The molecular formula is C58H38BN3. The number of hydrogen-bond donors (Lipinski definition) is 0. The van der Waals surface area contributed by atoms with Gasteiger partial charge in [-0.15, -0.1) is 0 Å². The molecule has 4 heteroatoms. The van der Waals surface area contributed by atoms with Gasteiger partial charge in [-0.3, -0.25) is 4.98 Å². The van der Waals surface area contributed by atoms with Crippen LogP contribution >= 0.6 is 0 Å². The highest BCUT2D eigenvalue weighted by Gasteiger charge is 2.46. The second-order valence-corrected chi connectivity index (χ2v) is 16.7. The van der Waals surface area contributed by atoms with Crippen molar-refractivity contribution in [2.45, 2.75) is 5.41 Å². The Morgan fingerprint density at radius 3 is 1.69 bits per heavy atom. The Morgan fingerprint density at radius 1 is 0.419 bits per heavy atom. The van der Waals surface area contributed by atoms with Crippen LogP contribution in [0.5, 0.6) is 0 Å². The molecule has 0 saturated carbocycles. The molecule has 13 rings (SSSR count). The summed E-state index contributed by atoms with van der Waals surface area (Å²) in [6, 6.07) is 82.5. The van der Waals surface area contributed by atoms with E-state index in [9.17, 15) is 0 Å². The van der Waals surface area contributed by atoms with Crippen LogP contribution in [0.1, 0.15) is 22.3 Å². The predicted octanol–water partition coefficient (Wildman–Crippen LogP) is 12.0. The van der Waals surface area contributed by atoms with Crippen LogP contribution in [0.2, 0.25) is 0 Å². The van der Waals surface area contributed by atoms with Crippen LogP contribution in [0.4, 0.5) is 17.1 Å². The van der Waals surface area contributed by atoms with Crippen molar-refractivity contribution in [3.63, 3.8) is 0 Å². The Kier molecular flexibility index (Phi) is 7.61. The number of pyridine rings is 1. The molecule has 0 unspecified atom stereocenters. The molecule has 3 nitrogen and oxygen atoms in total. The van der Waals surface area contributed by atoms with Crippen molar-refractivity contribution >= 4 is 72.9 Å². The van der Waals surface area contributed by atoms with Gasteiger partial charge in [0.15, 0.2) is 0 Å². The van der Waals surface area contributed by atoms with E-state index in [0.29, 0.717) is 0 Å². The van der Waals surface area contributed by atoms with Gasteiger partial charge in [0.2, 0.25) is 6.71 Å². The summed E-state index contributed by atoms with van der Waals surface area (Å²) < 4.78 is 2.40. The Labute approximate surface area is 360 Å². The molecule has 0 amide bonds. The second kappa shape index (κ2) is 13.5. The normalized spacial score (nSPS) is 13.5. The van der Waals surface area contributed by atoms with Crippen molar-refractivity contribution in [1.82, 2.24) is 9.55 Å². The molecule has 0 radical (unpaired) electrons. The van der Waals surface area contributed by atoms with Crippen molar-refractivity contribution in [2.75, 3.05) is 4.90 Å². The quantitative estimate of drug-likeness (QED) is 0.162. The van der Waals surface area contributed by atoms with Crippen molar-refractivity contribution in [2.24, 2.45) is 0 Å². The molecule has 0 fully saturated rings. The van der Waals surface area contributed by atoms with Crippen LogP contribution in [0, 0.1) is 0 Å². The lowest BCUT2D eigenvalue weighted by molar-refractivity contribution is 0.731. The lowest BCUT2D eigenvalue weighted by Crippen LogP contribution is -2.48. The van der Waals surface area contributed by atoms with Crippen LogP contribution in [-0.2, 0) is 5.41 Å². The minimum absolute atomic E-state index is 0.112. The van der Waals surface area contributed by atoms with E-state index in [4.69, 9.17) is 4.98 Å². The number of nitrogens with zero attached hydrogens (tertiary/aromatic N) is 3. The van der Waals surface area contributed by atoms with Gasteiger partial charge in [0.05, 0.1) is 45.2 Å². The van der Waals surface area contributed by atoms with E-state index < -0.39 is 5.41 Å². The van der Waals surface area contributed by atoms with Crippen LogP contribution in [0.3, 0.4) is 0 Å². The molecule has 2 aliphatic heterocycles. The minimum atomic E-state index is -0.539. The third-order valence-electron chi connectivity index (χ3n) is 13.5. The molecule has 11 aromatic rings. The fraction of sp³-hybridized carbons (Fsp3) is 0.0172. The van der Waals surface area contributed by atoms with Crippen LogP contribution < -0.4 is 21.3 Å². The van der Waals surface area contributed by atoms with Gasteiger partial charge in [-0.1, -0.05) is 198 Å². The van der Waals surface area contributed by atoms with Gasteiger partial charge >= 0.3 is 0 Å². The molecule has 288 valence electrons. The van der Waals surface area contributed by atoms with Crippen molar-refractivity contribution in [3.8, 4) is 16.8 Å². The summed E-state index contributed by atoms with van der Waals surface area (Å²) in [6.45, 7) is 0.112. The first-order valence-electron chi connectivity index (χ1n) is 21.5. The SMILES string of the molecule is c1ccc(-n2c3ccc(B4c5ccccc5-c5cc6ccccc6cc54)cc3c3ncc(N4c5ccccc5C(c5ccccc5)(c5ccccc5)c5ccccc54)cc32)cc1. The fourth-order valence-corrected chi connectivity index (χ4v) is 11.0. The molecular weight excluding hydrogens is 749 g/mol. The molecule has 0 aliphatic carbocycles. The lowest BCUT2D eigenvalue weighted by atomic mass is 9.39. The van der Waals surface area contributed by atoms with E-state index in [2.05, 4.69) is 240 Å². The number of fused-ring (bicyclic) bond motifs is 9. The highest BCUT2D eigenvalue weighted by Crippen LogP contribution is 2.57. The summed E-state index contributed by atoms with van der Waals surface area (Å²) in [7, 11) is 0. The standard InChI is InChI=1S/C58H38BN3/c1-4-20-41(21-5-1)58(42-22-6-2-7-23-42)49-27-13-16-30-54(49)62(55-31-17-14-28-50(55)58)45-37-56-57(60-38-45)48-36-43(32-33-53(48)61(56)44-24-8-3-9-25-44)59-51-29-15-12-26-46(51)47-34-39-18-10-11-19-40(39)35-52(47)59/h1-38H. The number of benzene rings is 9. The van der Waals surface area contributed by atoms with Gasteiger partial charge in [0.1, 0.15) is 0 Å². The summed E-state index contributed by atoms with van der Waals surface area (Å²) in [4.78, 5) is 7.89. The van der Waals surface area contributed by atoms with E-state index in [0.717, 1.165) is 44.7 Å². The van der Waals surface area contributed by atoms with Gasteiger partial charge in [-0.05, 0) is 86.6 Å². The number of para-hydroxylation sites is 3. The highest BCUT2D eigenvalue weighted by atomic mass is 15.2. The summed E-state index contributed by atoms with van der Waals surface area (Å²) in [6.07, 6.45) is 2.09. The van der Waals surface area contributed by atoms with E-state index in [1.54, 1.807) is 0 Å². The molecule has 0 N–H and O–H groups in total. The fourth-order valence-electron chi connectivity index (χ4n) is 11.0. The van der Waals surface area contributed by atoms with Gasteiger partial charge in [0, 0.05) is 11.1 Å². The summed E-state index contributed by atoms with van der Waals surface area (Å²) in [5.41, 5.74) is 18.6. The van der Waals surface area contributed by atoms with Crippen molar-refractivity contribution in [3.05, 3.63) is 253 Å². The van der Waals surface area contributed by atoms with Gasteiger partial charge < -0.3 is 9.47 Å². The van der Waals surface area contributed by atoms with Gasteiger partial charge in [-0.2, -0.15) is 0 Å².